The van der Waals surface area contributed by atoms with Gasteiger partial charge in [0, 0.05) is 25.9 Å². The number of halogens is 1. The first kappa shape index (κ1) is 16.2. The van der Waals surface area contributed by atoms with E-state index in [4.69, 9.17) is 4.74 Å². The second-order valence-corrected chi connectivity index (χ2v) is 5.78. The Hall–Kier alpha value is -1.18. The first-order valence-electron chi connectivity index (χ1n) is 7.02. The Morgan fingerprint density at radius 2 is 2.24 bits per heavy atom. The molecule has 0 saturated heterocycles. The van der Waals surface area contributed by atoms with Crippen LogP contribution in [-0.4, -0.2) is 39.8 Å². The largest absolute Gasteiger partial charge is 0.383 e. The van der Waals surface area contributed by atoms with Crippen molar-refractivity contribution in [2.24, 2.45) is 7.05 Å². The fourth-order valence-electron chi connectivity index (χ4n) is 2.47. The normalized spacial score (nSPS) is 12.8. The third-order valence-electron chi connectivity index (χ3n) is 3.38. The molecule has 0 aliphatic heterocycles. The van der Waals surface area contributed by atoms with Gasteiger partial charge in [-0.25, -0.2) is 0 Å². The van der Waals surface area contributed by atoms with Gasteiger partial charge in [0.15, 0.2) is 0 Å². The Morgan fingerprint density at radius 3 is 2.81 bits per heavy atom. The number of ether oxygens (including phenoxy) is 1. The summed E-state index contributed by atoms with van der Waals surface area (Å²) in [5.41, 5.74) is 3.29. The fourth-order valence-corrected chi connectivity index (χ4v) is 3.00. The lowest BCUT2D eigenvalue weighted by Gasteiger charge is -2.20. The van der Waals surface area contributed by atoms with Crippen LogP contribution < -0.4 is 5.32 Å². The van der Waals surface area contributed by atoms with Crippen molar-refractivity contribution in [3.8, 4) is 0 Å². The molecule has 0 aliphatic carbocycles. The monoisotopic (exact) mass is 355 g/mol. The van der Waals surface area contributed by atoms with E-state index in [1.165, 1.54) is 5.56 Å². The molecule has 116 valence electrons. The molecule has 2 heterocycles. The van der Waals surface area contributed by atoms with Gasteiger partial charge in [0.2, 0.25) is 0 Å². The standard InChI is InChI=1S/C14H22BrN5O/c1-5-16-13(11-9-19(3)18-10(11)2)14-12(15)8-17-20(14)6-7-21-4/h8-9,13,16H,5-7H2,1-4H3. The van der Waals surface area contributed by atoms with Crippen molar-refractivity contribution in [1.29, 1.82) is 0 Å². The van der Waals surface area contributed by atoms with Crippen molar-refractivity contribution >= 4 is 15.9 Å². The third kappa shape index (κ3) is 3.53. The first-order chi connectivity index (χ1) is 10.1. The minimum atomic E-state index is 0.0532. The lowest BCUT2D eigenvalue weighted by Crippen LogP contribution is -2.26. The van der Waals surface area contributed by atoms with E-state index in [1.54, 1.807) is 7.11 Å². The molecule has 2 rings (SSSR count). The lowest BCUT2D eigenvalue weighted by molar-refractivity contribution is 0.182. The summed E-state index contributed by atoms with van der Waals surface area (Å²) in [5, 5.41) is 12.4. The van der Waals surface area contributed by atoms with E-state index in [9.17, 15) is 0 Å². The Morgan fingerprint density at radius 1 is 1.48 bits per heavy atom. The van der Waals surface area contributed by atoms with Gasteiger partial charge in [0.1, 0.15) is 0 Å². The Balaban J connectivity index is 2.43. The molecule has 0 saturated carbocycles. The molecular formula is C14H22BrN5O. The SMILES string of the molecule is CCNC(c1cn(C)nc1C)c1c(Br)cnn1CCOC. The van der Waals surface area contributed by atoms with Gasteiger partial charge in [-0.05, 0) is 29.4 Å². The molecule has 0 spiro atoms. The van der Waals surface area contributed by atoms with Crippen LogP contribution in [0.4, 0.5) is 0 Å². The molecule has 1 N–H and O–H groups in total. The van der Waals surface area contributed by atoms with E-state index in [1.807, 2.05) is 29.5 Å². The highest BCUT2D eigenvalue weighted by molar-refractivity contribution is 9.10. The zero-order valence-electron chi connectivity index (χ0n) is 12.9. The van der Waals surface area contributed by atoms with Crippen LogP contribution in [0.3, 0.4) is 0 Å². The summed E-state index contributed by atoms with van der Waals surface area (Å²) in [6.45, 7) is 6.34. The number of aromatic nitrogens is 4. The Bertz CT molecular complexity index is 592. The van der Waals surface area contributed by atoms with Gasteiger partial charge >= 0.3 is 0 Å². The number of aryl methyl sites for hydroxylation is 2. The highest BCUT2D eigenvalue weighted by atomic mass is 79.9. The van der Waals surface area contributed by atoms with E-state index in [2.05, 4.69) is 44.6 Å². The summed E-state index contributed by atoms with van der Waals surface area (Å²) in [4.78, 5) is 0. The smallest absolute Gasteiger partial charge is 0.0793 e. The number of methoxy groups -OCH3 is 1. The molecule has 0 aliphatic rings. The predicted octanol–water partition coefficient (Wildman–Crippen LogP) is 2.03. The Kier molecular flexibility index (Phi) is 5.55. The number of rotatable bonds is 7. The quantitative estimate of drug-likeness (QED) is 0.825. The molecule has 0 bridgehead atoms. The predicted molar refractivity (Wildman–Crippen MR) is 85.3 cm³/mol. The van der Waals surface area contributed by atoms with Crippen LogP contribution in [0.25, 0.3) is 0 Å². The summed E-state index contributed by atoms with van der Waals surface area (Å²) in [5.74, 6) is 0. The number of nitrogens with one attached hydrogen (secondary N) is 1. The molecule has 2 aromatic rings. The average Bonchev–Trinajstić information content (AvgIpc) is 2.97. The van der Waals surface area contributed by atoms with E-state index >= 15 is 0 Å². The third-order valence-corrected chi connectivity index (χ3v) is 4.00. The summed E-state index contributed by atoms with van der Waals surface area (Å²) >= 11 is 3.62. The van der Waals surface area contributed by atoms with E-state index < -0.39 is 0 Å². The summed E-state index contributed by atoms with van der Waals surface area (Å²) in [6.07, 6.45) is 3.89. The van der Waals surface area contributed by atoms with Crippen LogP contribution in [0.1, 0.15) is 29.9 Å². The zero-order chi connectivity index (χ0) is 15.4. The van der Waals surface area contributed by atoms with Gasteiger partial charge in [-0.2, -0.15) is 10.2 Å². The number of hydrogen-bond acceptors (Lipinski definition) is 4. The second-order valence-electron chi connectivity index (χ2n) is 4.93. The van der Waals surface area contributed by atoms with Gasteiger partial charge in [0.25, 0.3) is 0 Å². The molecule has 0 aromatic carbocycles. The molecule has 21 heavy (non-hydrogen) atoms. The molecule has 0 radical (unpaired) electrons. The topological polar surface area (TPSA) is 56.9 Å². The van der Waals surface area contributed by atoms with Gasteiger partial charge in [-0.15, -0.1) is 0 Å². The van der Waals surface area contributed by atoms with Crippen molar-refractivity contribution in [3.63, 3.8) is 0 Å². The molecule has 1 unspecified atom stereocenters. The van der Waals surface area contributed by atoms with Crippen molar-refractivity contribution in [2.75, 3.05) is 20.3 Å². The minimum Gasteiger partial charge on any atom is -0.383 e. The maximum atomic E-state index is 5.17. The highest BCUT2D eigenvalue weighted by Crippen LogP contribution is 2.30. The van der Waals surface area contributed by atoms with Crippen LogP contribution in [-0.2, 0) is 18.3 Å². The summed E-state index contributed by atoms with van der Waals surface area (Å²) in [6, 6.07) is 0.0532. The van der Waals surface area contributed by atoms with Crippen LogP contribution in [0.5, 0.6) is 0 Å². The molecule has 1 atom stereocenters. The number of hydrogen-bond donors (Lipinski definition) is 1. The molecular weight excluding hydrogens is 334 g/mol. The molecule has 0 amide bonds. The minimum absolute atomic E-state index is 0.0532. The molecule has 7 heteroatoms. The van der Waals surface area contributed by atoms with Crippen LogP contribution in [0.15, 0.2) is 16.9 Å². The van der Waals surface area contributed by atoms with E-state index in [-0.39, 0.29) is 6.04 Å². The van der Waals surface area contributed by atoms with Gasteiger partial charge in [0.05, 0.1) is 41.3 Å². The van der Waals surface area contributed by atoms with Gasteiger partial charge in [-0.1, -0.05) is 6.92 Å². The van der Waals surface area contributed by atoms with E-state index in [0.717, 1.165) is 29.0 Å². The fraction of sp³-hybridized carbons (Fsp3) is 0.571. The average molecular weight is 356 g/mol. The van der Waals surface area contributed by atoms with Crippen molar-refractivity contribution in [2.45, 2.75) is 26.4 Å². The lowest BCUT2D eigenvalue weighted by atomic mass is 10.0. The van der Waals surface area contributed by atoms with Crippen molar-refractivity contribution < 1.29 is 4.74 Å². The van der Waals surface area contributed by atoms with Crippen LogP contribution >= 0.6 is 15.9 Å². The number of nitrogens with zero attached hydrogens (tertiary/aromatic N) is 4. The highest BCUT2D eigenvalue weighted by Gasteiger charge is 2.24. The molecule has 6 nitrogen and oxygen atoms in total. The van der Waals surface area contributed by atoms with Gasteiger partial charge < -0.3 is 10.1 Å². The molecule has 2 aromatic heterocycles. The summed E-state index contributed by atoms with van der Waals surface area (Å²) in [7, 11) is 3.64. The van der Waals surface area contributed by atoms with Gasteiger partial charge in [-0.3, -0.25) is 9.36 Å². The van der Waals surface area contributed by atoms with Crippen molar-refractivity contribution in [3.05, 3.63) is 33.8 Å². The van der Waals surface area contributed by atoms with Crippen LogP contribution in [0, 0.1) is 6.92 Å². The first-order valence-corrected chi connectivity index (χ1v) is 7.81. The van der Waals surface area contributed by atoms with Crippen LogP contribution in [0.2, 0.25) is 0 Å². The maximum Gasteiger partial charge on any atom is 0.0793 e. The van der Waals surface area contributed by atoms with Crippen molar-refractivity contribution in [1.82, 2.24) is 24.9 Å². The summed E-state index contributed by atoms with van der Waals surface area (Å²) < 4.78 is 9.99. The second kappa shape index (κ2) is 7.20. The maximum absolute atomic E-state index is 5.17. The zero-order valence-corrected chi connectivity index (χ0v) is 14.5. The Labute approximate surface area is 133 Å². The molecule has 0 fully saturated rings. The van der Waals surface area contributed by atoms with E-state index in [0.29, 0.717) is 6.61 Å².